The van der Waals surface area contributed by atoms with Crippen molar-refractivity contribution in [2.75, 3.05) is 6.61 Å². The van der Waals surface area contributed by atoms with Crippen LogP contribution in [0.5, 0.6) is 0 Å². The van der Waals surface area contributed by atoms with Crippen LogP contribution < -0.4 is 40.0 Å². The molecule has 178 valence electrons. The smallest absolute Gasteiger partial charge is 0.547 e. The number of halogens is 2. The quantitative estimate of drug-likeness (QED) is 0.0895. The van der Waals surface area contributed by atoms with Crippen LogP contribution in [0.4, 0.5) is 5.69 Å². The summed E-state index contributed by atoms with van der Waals surface area (Å²) in [7, 11) is 0. The number of carboxylic acid groups (broad SMARTS) is 1. The number of alkyl halides is 2. The van der Waals surface area contributed by atoms with Gasteiger partial charge in [-0.15, -0.1) is 0 Å². The molecule has 1 heterocycles. The van der Waals surface area contributed by atoms with E-state index >= 15 is 0 Å². The van der Waals surface area contributed by atoms with Gasteiger partial charge in [0.1, 0.15) is 30.5 Å². The van der Waals surface area contributed by atoms with Gasteiger partial charge in [-0.2, -0.15) is 0 Å². The number of non-ortho nitro benzene ring substituents is 1. The molecule has 1 aromatic rings. The molecule has 33 heavy (non-hydrogen) atoms. The van der Waals surface area contributed by atoms with Gasteiger partial charge < -0.3 is 45.1 Å². The molecule has 1 amide bonds. The van der Waals surface area contributed by atoms with Crippen molar-refractivity contribution in [3.05, 3.63) is 39.9 Å². The molecule has 1 aliphatic heterocycles. The Labute approximate surface area is 218 Å². The molecule has 16 heteroatoms. The number of carbonyl (C=O) groups excluding carboxylic acids is 2. The van der Waals surface area contributed by atoms with Crippen LogP contribution in [0.25, 0.3) is 0 Å². The summed E-state index contributed by atoms with van der Waals surface area (Å²) in [5.41, 5.74) is -0.127. The van der Waals surface area contributed by atoms with Gasteiger partial charge in [0.05, 0.1) is 23.5 Å². The van der Waals surface area contributed by atoms with Crippen LogP contribution in [0, 0.1) is 10.1 Å². The van der Waals surface area contributed by atoms with Gasteiger partial charge in [-0.05, 0) is 17.7 Å². The van der Waals surface area contributed by atoms with Gasteiger partial charge in [0.25, 0.3) is 11.6 Å². The summed E-state index contributed by atoms with van der Waals surface area (Å²) in [4.78, 5) is 31.6. The number of ether oxygens (including phenoxy) is 2. The zero-order chi connectivity index (χ0) is 24.2. The van der Waals surface area contributed by atoms with Crippen LogP contribution in [0.3, 0.4) is 0 Å². The number of nitrogens with one attached hydrogen (secondary N) is 1. The molecule has 0 aromatic heterocycles. The average Bonchev–Trinajstić information content (AvgIpc) is 2.75. The average molecular weight is 521 g/mol. The number of nitro groups is 1. The minimum atomic E-state index is -2.03. The predicted molar refractivity (Wildman–Crippen MR) is 103 cm³/mol. The van der Waals surface area contributed by atoms with Crippen molar-refractivity contribution in [3.8, 4) is 0 Å². The Bertz CT molecular complexity index is 832. The van der Waals surface area contributed by atoms with Gasteiger partial charge in [0.2, 0.25) is 0 Å². The van der Waals surface area contributed by atoms with Crippen LogP contribution in [0.15, 0.2) is 24.3 Å². The topological polar surface area (TPSA) is 212 Å². The molecule has 0 spiro atoms. The normalized spacial score (nSPS) is 26.7. The van der Waals surface area contributed by atoms with E-state index in [1.807, 2.05) is 0 Å². The summed E-state index contributed by atoms with van der Waals surface area (Å²) in [6.45, 7) is -0.630. The molecule has 13 nitrogen and oxygen atoms in total. The Balaban J connectivity index is 0.00000544. The van der Waals surface area contributed by atoms with Crippen molar-refractivity contribution >= 4 is 40.8 Å². The zero-order valence-electron chi connectivity index (χ0n) is 17.0. The van der Waals surface area contributed by atoms with Crippen molar-refractivity contribution < 1.29 is 79.1 Å². The van der Waals surface area contributed by atoms with Gasteiger partial charge in [-0.25, -0.2) is 0 Å². The number of aliphatic hydroxyl groups is 4. The molecule has 0 aliphatic carbocycles. The maximum absolute atomic E-state index is 11.9. The summed E-state index contributed by atoms with van der Waals surface area (Å²) in [5.74, 6) is -2.81. The summed E-state index contributed by atoms with van der Waals surface area (Å²) in [6.07, 6.45) is -11.2. The molecule has 0 bridgehead atoms. The van der Waals surface area contributed by atoms with Gasteiger partial charge in [0, 0.05) is 12.1 Å². The second-order valence-electron chi connectivity index (χ2n) is 6.76. The van der Waals surface area contributed by atoms with E-state index in [2.05, 4.69) is 5.32 Å². The second kappa shape index (κ2) is 13.1. The van der Waals surface area contributed by atoms with Crippen LogP contribution in [-0.4, -0.2) is 85.4 Å². The number of rotatable bonds is 9. The summed E-state index contributed by atoms with van der Waals surface area (Å²) >= 11 is 11.0. The molecule has 2 rings (SSSR count). The van der Waals surface area contributed by atoms with Crippen molar-refractivity contribution in [1.29, 1.82) is 0 Å². The number of aliphatic hydroxyl groups excluding tert-OH is 4. The first kappa shape index (κ1) is 29.9. The number of carboxylic acids is 1. The molecule has 1 saturated heterocycles. The van der Waals surface area contributed by atoms with Crippen molar-refractivity contribution in [2.45, 2.75) is 47.7 Å². The Hall–Kier alpha value is -1.10. The van der Waals surface area contributed by atoms with Crippen LogP contribution in [0.2, 0.25) is 0 Å². The van der Waals surface area contributed by atoms with Crippen molar-refractivity contribution in [1.82, 2.24) is 5.32 Å². The van der Waals surface area contributed by atoms with Crippen molar-refractivity contribution in [2.24, 2.45) is 0 Å². The molecule has 7 atom stereocenters. The Kier molecular flexibility index (Phi) is 11.9. The van der Waals surface area contributed by atoms with E-state index in [1.54, 1.807) is 0 Å². The molecule has 0 saturated carbocycles. The molecule has 1 aromatic carbocycles. The summed E-state index contributed by atoms with van der Waals surface area (Å²) in [6, 6.07) is 3.35. The first-order valence-corrected chi connectivity index (χ1v) is 9.84. The first-order valence-electron chi connectivity index (χ1n) is 8.97. The van der Waals surface area contributed by atoms with Gasteiger partial charge in [0.15, 0.2) is 11.1 Å². The SMILES string of the molecule is O=C(N[C@H](CO[C@@H]1O[C@H](C(=O)[O-])[C@@H](O)[C@H](O)[C@H]1O)[C@H](O)c1ccc([N+](=O)[O-])cc1)C(Cl)Cl.[Na+]. The van der Waals surface area contributed by atoms with E-state index in [4.69, 9.17) is 32.7 Å². The van der Waals surface area contributed by atoms with Gasteiger partial charge >= 0.3 is 29.6 Å². The molecule has 0 unspecified atom stereocenters. The molecular formula is C17H19Cl2N2NaO11. The number of hydrogen-bond acceptors (Lipinski definition) is 11. The minimum Gasteiger partial charge on any atom is -0.547 e. The number of nitrogens with zero attached hydrogens (tertiary/aromatic N) is 1. The number of amides is 1. The zero-order valence-corrected chi connectivity index (χ0v) is 20.5. The number of carbonyl (C=O) groups is 2. The minimum absolute atomic E-state index is 0. The van der Waals surface area contributed by atoms with Crippen LogP contribution >= 0.6 is 23.2 Å². The van der Waals surface area contributed by atoms with E-state index in [-0.39, 0.29) is 40.8 Å². The second-order valence-corrected chi connectivity index (χ2v) is 7.85. The third kappa shape index (κ3) is 7.70. The number of nitro benzene ring substituents is 1. The number of hydrogen-bond donors (Lipinski definition) is 5. The van der Waals surface area contributed by atoms with E-state index < -0.39 is 71.1 Å². The van der Waals surface area contributed by atoms with Crippen LogP contribution in [-0.2, 0) is 19.1 Å². The third-order valence-electron chi connectivity index (χ3n) is 4.59. The Morgan fingerprint density at radius 3 is 2.21 bits per heavy atom. The van der Waals surface area contributed by atoms with Crippen LogP contribution in [0.1, 0.15) is 11.7 Å². The summed E-state index contributed by atoms with van der Waals surface area (Å²) < 4.78 is 10.1. The van der Waals surface area contributed by atoms with E-state index in [0.29, 0.717) is 0 Å². The Morgan fingerprint density at radius 2 is 1.73 bits per heavy atom. The summed E-state index contributed by atoms with van der Waals surface area (Å²) in [5, 5.41) is 64.2. The first-order chi connectivity index (χ1) is 14.9. The third-order valence-corrected chi connectivity index (χ3v) is 4.99. The van der Waals surface area contributed by atoms with E-state index in [1.165, 1.54) is 12.1 Å². The number of benzene rings is 1. The van der Waals surface area contributed by atoms with E-state index in [0.717, 1.165) is 12.1 Å². The molecule has 5 N–H and O–H groups in total. The van der Waals surface area contributed by atoms with Crippen molar-refractivity contribution in [3.63, 3.8) is 0 Å². The number of aliphatic carboxylic acids is 1. The molecule has 1 fully saturated rings. The Morgan fingerprint density at radius 1 is 1.15 bits per heavy atom. The standard InChI is InChI=1S/C17H20Cl2N2O11.Na/c18-14(19)15(26)20-8(9(22)6-1-3-7(4-2-6)21(29)30)5-31-17-12(25)10(23)11(24)13(32-17)16(27)28;/h1-4,8-14,17,22-25H,5H2,(H,20,26)(H,27,28);/q;+1/p-1/t8-,9-,10+,11+,12-,13+,17-;/m1./s1. The molecule has 1 aliphatic rings. The largest absolute Gasteiger partial charge is 1.00 e. The molecule has 0 radical (unpaired) electrons. The maximum Gasteiger partial charge on any atom is 1.00 e. The molecular weight excluding hydrogens is 502 g/mol. The predicted octanol–water partition coefficient (Wildman–Crippen LogP) is -5.51. The van der Waals surface area contributed by atoms with Gasteiger partial charge in [-0.3, -0.25) is 14.9 Å². The monoisotopic (exact) mass is 520 g/mol. The fourth-order valence-corrected chi connectivity index (χ4v) is 2.99. The fourth-order valence-electron chi connectivity index (χ4n) is 2.86. The van der Waals surface area contributed by atoms with E-state index in [9.17, 15) is 45.2 Å². The fraction of sp³-hybridized carbons (Fsp3) is 0.529. The van der Waals surface area contributed by atoms with Gasteiger partial charge in [-0.1, -0.05) is 23.2 Å². The maximum atomic E-state index is 11.9.